The largest absolute Gasteiger partial charge is 0.315 e. The van der Waals surface area contributed by atoms with E-state index in [0.29, 0.717) is 23.8 Å². The lowest BCUT2D eigenvalue weighted by molar-refractivity contribution is 0.561. The number of unbranched alkanes of at least 4 members (excludes halogenated alkanes) is 1. The van der Waals surface area contributed by atoms with E-state index in [2.05, 4.69) is 28.9 Å². The molecule has 114 valence electrons. The minimum absolute atomic E-state index is 0.139. The van der Waals surface area contributed by atoms with Crippen LogP contribution in [-0.4, -0.2) is 31.7 Å². The Morgan fingerprint density at radius 2 is 1.90 bits per heavy atom. The Bertz CT molecular complexity index is 527. The monoisotopic (exact) mass is 299 g/mol. The van der Waals surface area contributed by atoms with Crippen molar-refractivity contribution in [2.24, 2.45) is 0 Å². The number of anilines is 1. The molecule has 1 rings (SSSR count). The number of nitrogens with one attached hydrogen (secondary N) is 2. The van der Waals surface area contributed by atoms with Crippen LogP contribution < -0.4 is 10.0 Å². The number of pyridine rings is 1. The minimum Gasteiger partial charge on any atom is -0.315 e. The lowest BCUT2D eigenvalue weighted by Gasteiger charge is -2.11. The van der Waals surface area contributed by atoms with Gasteiger partial charge in [-0.25, -0.2) is 8.42 Å². The molecule has 0 aliphatic heterocycles. The molecule has 0 radical (unpaired) electrons. The van der Waals surface area contributed by atoms with Gasteiger partial charge in [0.05, 0.1) is 17.1 Å². The summed E-state index contributed by atoms with van der Waals surface area (Å²) in [6.07, 6.45) is 1.50. The lowest BCUT2D eigenvalue weighted by atomic mass is 10.3. The fraction of sp³-hybridized carbons (Fsp3) is 0.643. The maximum absolute atomic E-state index is 12.0. The van der Waals surface area contributed by atoms with Crippen LogP contribution in [0.2, 0.25) is 0 Å². The molecule has 0 aromatic carbocycles. The van der Waals surface area contributed by atoms with Gasteiger partial charge in [-0.05, 0) is 45.4 Å². The zero-order chi connectivity index (χ0) is 15.2. The van der Waals surface area contributed by atoms with Crippen LogP contribution in [0.15, 0.2) is 12.1 Å². The van der Waals surface area contributed by atoms with Crippen LogP contribution in [0.4, 0.5) is 5.69 Å². The molecule has 1 aromatic heterocycles. The van der Waals surface area contributed by atoms with E-state index in [9.17, 15) is 8.42 Å². The van der Waals surface area contributed by atoms with E-state index in [1.807, 2.05) is 6.92 Å². The smallest absolute Gasteiger partial charge is 0.232 e. The van der Waals surface area contributed by atoms with E-state index in [-0.39, 0.29) is 5.75 Å². The second-order valence-electron chi connectivity index (χ2n) is 5.32. The summed E-state index contributed by atoms with van der Waals surface area (Å²) in [4.78, 5) is 4.25. The molecule has 1 aromatic rings. The van der Waals surface area contributed by atoms with Crippen LogP contribution in [-0.2, 0) is 10.0 Å². The van der Waals surface area contributed by atoms with Crippen LogP contribution in [0, 0.1) is 13.8 Å². The molecular weight excluding hydrogens is 274 g/mol. The lowest BCUT2D eigenvalue weighted by Crippen LogP contribution is -2.24. The minimum atomic E-state index is -3.29. The molecule has 0 saturated carbocycles. The summed E-state index contributed by atoms with van der Waals surface area (Å²) in [7, 11) is -3.29. The second-order valence-corrected chi connectivity index (χ2v) is 7.16. The Morgan fingerprint density at radius 1 is 1.20 bits per heavy atom. The van der Waals surface area contributed by atoms with E-state index in [1.54, 1.807) is 19.1 Å². The van der Waals surface area contributed by atoms with Gasteiger partial charge in [0.2, 0.25) is 10.0 Å². The van der Waals surface area contributed by atoms with Crippen LogP contribution in [0.1, 0.15) is 38.1 Å². The van der Waals surface area contributed by atoms with Crippen molar-refractivity contribution in [3.8, 4) is 0 Å². The van der Waals surface area contributed by atoms with Gasteiger partial charge in [-0.1, -0.05) is 13.8 Å². The average molecular weight is 299 g/mol. The zero-order valence-corrected chi connectivity index (χ0v) is 13.5. The quantitative estimate of drug-likeness (QED) is 0.722. The summed E-state index contributed by atoms with van der Waals surface area (Å²) in [6, 6.07) is 4.00. The Hall–Kier alpha value is -1.14. The fourth-order valence-corrected chi connectivity index (χ4v) is 3.06. The molecule has 6 heteroatoms. The van der Waals surface area contributed by atoms with E-state index in [1.165, 1.54) is 0 Å². The van der Waals surface area contributed by atoms with Crippen molar-refractivity contribution in [3.05, 3.63) is 23.5 Å². The third-order valence-electron chi connectivity index (χ3n) is 2.88. The van der Waals surface area contributed by atoms with Gasteiger partial charge in [-0.2, -0.15) is 0 Å². The molecule has 0 atom stereocenters. The van der Waals surface area contributed by atoms with Crippen molar-refractivity contribution in [2.75, 3.05) is 17.0 Å². The number of hydrogen-bond donors (Lipinski definition) is 2. The van der Waals surface area contributed by atoms with Gasteiger partial charge in [-0.3, -0.25) is 9.71 Å². The van der Waals surface area contributed by atoms with Crippen LogP contribution in [0.5, 0.6) is 0 Å². The van der Waals surface area contributed by atoms with Gasteiger partial charge in [0.1, 0.15) is 0 Å². The highest BCUT2D eigenvalue weighted by molar-refractivity contribution is 7.92. The van der Waals surface area contributed by atoms with Crippen LogP contribution in [0.3, 0.4) is 0 Å². The van der Waals surface area contributed by atoms with E-state index in [0.717, 1.165) is 18.7 Å². The molecule has 2 N–H and O–H groups in total. The first-order chi connectivity index (χ1) is 9.30. The SMILES string of the molecule is Cc1ccc(NS(=O)(=O)CCCCNC(C)C)c(C)n1. The highest BCUT2D eigenvalue weighted by Gasteiger charge is 2.12. The second kappa shape index (κ2) is 7.59. The first-order valence-corrected chi connectivity index (χ1v) is 8.63. The Morgan fingerprint density at radius 3 is 2.50 bits per heavy atom. The first-order valence-electron chi connectivity index (χ1n) is 6.98. The summed E-state index contributed by atoms with van der Waals surface area (Å²) in [5.74, 6) is 0.139. The third-order valence-corrected chi connectivity index (χ3v) is 4.24. The molecule has 0 fully saturated rings. The molecule has 0 saturated heterocycles. The van der Waals surface area contributed by atoms with Crippen molar-refractivity contribution < 1.29 is 8.42 Å². The van der Waals surface area contributed by atoms with Crippen LogP contribution in [0.25, 0.3) is 0 Å². The highest BCUT2D eigenvalue weighted by atomic mass is 32.2. The summed E-state index contributed by atoms with van der Waals surface area (Å²) in [5.41, 5.74) is 2.15. The summed E-state index contributed by atoms with van der Waals surface area (Å²) >= 11 is 0. The number of hydrogen-bond acceptors (Lipinski definition) is 4. The standard InChI is InChI=1S/C14H25N3O2S/c1-11(2)15-9-5-6-10-20(18,19)17-14-8-7-12(3)16-13(14)4/h7-8,11,15,17H,5-6,9-10H2,1-4H3. The number of aryl methyl sites for hydroxylation is 2. The molecule has 0 spiro atoms. The number of rotatable bonds is 8. The predicted molar refractivity (Wildman–Crippen MR) is 83.5 cm³/mol. The van der Waals surface area contributed by atoms with Crippen molar-refractivity contribution in [1.29, 1.82) is 0 Å². The molecule has 0 unspecified atom stereocenters. The molecule has 0 bridgehead atoms. The topological polar surface area (TPSA) is 71.1 Å². The van der Waals surface area contributed by atoms with Gasteiger partial charge < -0.3 is 5.32 Å². The first kappa shape index (κ1) is 16.9. The normalized spacial score (nSPS) is 11.8. The number of aromatic nitrogens is 1. The average Bonchev–Trinajstić information content (AvgIpc) is 2.32. The predicted octanol–water partition coefficient (Wildman–Crippen LogP) is 2.22. The van der Waals surface area contributed by atoms with Gasteiger partial charge in [0.25, 0.3) is 0 Å². The Kier molecular flexibility index (Phi) is 6.42. The van der Waals surface area contributed by atoms with Crippen molar-refractivity contribution in [1.82, 2.24) is 10.3 Å². The maximum atomic E-state index is 12.0. The van der Waals surface area contributed by atoms with E-state index in [4.69, 9.17) is 0 Å². The van der Waals surface area contributed by atoms with Gasteiger partial charge in [0, 0.05) is 11.7 Å². The number of sulfonamides is 1. The van der Waals surface area contributed by atoms with E-state index < -0.39 is 10.0 Å². The highest BCUT2D eigenvalue weighted by Crippen LogP contribution is 2.14. The van der Waals surface area contributed by atoms with Gasteiger partial charge in [0.15, 0.2) is 0 Å². The zero-order valence-electron chi connectivity index (χ0n) is 12.7. The molecule has 1 heterocycles. The molecule has 5 nitrogen and oxygen atoms in total. The maximum Gasteiger partial charge on any atom is 0.232 e. The molecule has 0 amide bonds. The molecule has 20 heavy (non-hydrogen) atoms. The summed E-state index contributed by atoms with van der Waals surface area (Å²) in [6.45, 7) is 8.68. The van der Waals surface area contributed by atoms with Crippen molar-refractivity contribution >= 4 is 15.7 Å². The Balaban J connectivity index is 2.45. The fourth-order valence-electron chi connectivity index (χ4n) is 1.82. The molecule has 0 aliphatic rings. The summed E-state index contributed by atoms with van der Waals surface area (Å²) < 4.78 is 26.6. The third kappa shape index (κ3) is 6.34. The molecular formula is C14H25N3O2S. The van der Waals surface area contributed by atoms with Crippen LogP contribution >= 0.6 is 0 Å². The number of nitrogens with zero attached hydrogens (tertiary/aromatic N) is 1. The Labute approximate surface area is 122 Å². The van der Waals surface area contributed by atoms with E-state index >= 15 is 0 Å². The molecule has 0 aliphatic carbocycles. The van der Waals surface area contributed by atoms with Gasteiger partial charge >= 0.3 is 0 Å². The van der Waals surface area contributed by atoms with Gasteiger partial charge in [-0.15, -0.1) is 0 Å². The summed E-state index contributed by atoms with van der Waals surface area (Å²) in [5, 5.41) is 3.27. The van der Waals surface area contributed by atoms with Crippen molar-refractivity contribution in [3.63, 3.8) is 0 Å². The van der Waals surface area contributed by atoms with Crippen molar-refractivity contribution in [2.45, 2.75) is 46.6 Å².